The maximum Gasteiger partial charge on any atom is 0.380 e. The Morgan fingerprint density at radius 1 is 1.29 bits per heavy atom. The van der Waals surface area contributed by atoms with E-state index in [0.29, 0.717) is 12.0 Å². The molecule has 0 saturated carbocycles. The maximum atomic E-state index is 14.0. The number of carbonyl (C=O) groups excluding carboxylic acids is 2. The van der Waals surface area contributed by atoms with E-state index in [1.54, 1.807) is 31.2 Å². The van der Waals surface area contributed by atoms with Crippen LogP contribution >= 0.6 is 30.8 Å². The summed E-state index contributed by atoms with van der Waals surface area (Å²) in [4.78, 5) is 42.4. The van der Waals surface area contributed by atoms with Crippen LogP contribution < -0.4 is 15.8 Å². The summed E-state index contributed by atoms with van der Waals surface area (Å²) in [6, 6.07) is 8.26. The number of ether oxygens (including phenoxy) is 1. The second kappa shape index (κ2) is 12.2. The molecule has 3 heterocycles. The normalized spacial score (nSPS) is 22.3. The van der Waals surface area contributed by atoms with Gasteiger partial charge in [-0.1, -0.05) is 48.3 Å². The van der Waals surface area contributed by atoms with Gasteiger partial charge >= 0.3 is 7.60 Å². The van der Waals surface area contributed by atoms with E-state index in [2.05, 4.69) is 9.97 Å². The van der Waals surface area contributed by atoms with Gasteiger partial charge in [-0.05, 0) is 38.0 Å². The Kier molecular flexibility index (Phi) is 9.32. The number of alkyl halides is 2. The summed E-state index contributed by atoms with van der Waals surface area (Å²) in [6.07, 6.45) is -2.13. The highest BCUT2D eigenvalue weighted by atomic mass is 35.5. The fraction of sp³-hybridized carbons (Fsp3) is 0.462. The van der Waals surface area contributed by atoms with E-state index < -0.39 is 48.4 Å². The zero-order chi connectivity index (χ0) is 30.1. The van der Waals surface area contributed by atoms with Crippen molar-refractivity contribution in [3.8, 4) is 5.75 Å². The number of hydrogen-bond acceptors (Lipinski definition) is 10. The van der Waals surface area contributed by atoms with Gasteiger partial charge in [-0.2, -0.15) is 4.98 Å². The summed E-state index contributed by atoms with van der Waals surface area (Å²) >= 11 is 13.1. The average molecular weight is 629 g/mol. The molecule has 0 spiro atoms. The number of H-pyrrole nitrogens is 1. The lowest BCUT2D eigenvalue weighted by Crippen LogP contribution is -2.38. The molecule has 0 aliphatic carbocycles. The molecule has 222 valence electrons. The van der Waals surface area contributed by atoms with Gasteiger partial charge in [-0.25, -0.2) is 4.57 Å². The molecule has 0 radical (unpaired) electrons. The third-order valence-electron chi connectivity index (χ3n) is 6.82. The molecule has 0 amide bonds. The molecule has 2 aromatic heterocycles. The van der Waals surface area contributed by atoms with E-state index >= 15 is 0 Å². The Balaban J connectivity index is 1.58. The van der Waals surface area contributed by atoms with Gasteiger partial charge in [0, 0.05) is 18.5 Å². The fourth-order valence-corrected chi connectivity index (χ4v) is 6.99. The Morgan fingerprint density at radius 2 is 2.00 bits per heavy atom. The molecule has 0 bridgehead atoms. The SMILES string of the molecule is CC(=O)CCc1ccccc1OP(=O)(C[C@@H](C)C(C)=O)OC[C@H]1O[C@@H](n2ccc3c(=O)[nH]c(N)nc32)C(Cl)(Cl)[C@H]1O. The minimum Gasteiger partial charge on any atom is -0.424 e. The van der Waals surface area contributed by atoms with Crippen molar-refractivity contribution in [2.45, 2.75) is 56.4 Å². The van der Waals surface area contributed by atoms with Crippen molar-refractivity contribution in [2.75, 3.05) is 18.5 Å². The zero-order valence-corrected chi connectivity index (χ0v) is 25.0. The number of nitrogens with one attached hydrogen (secondary N) is 1. The van der Waals surface area contributed by atoms with E-state index in [4.69, 9.17) is 42.7 Å². The molecule has 1 saturated heterocycles. The molecular weight excluding hydrogens is 598 g/mol. The number of ketones is 2. The minimum absolute atomic E-state index is 0.0186. The summed E-state index contributed by atoms with van der Waals surface area (Å²) in [7, 11) is -4.04. The van der Waals surface area contributed by atoms with E-state index in [1.165, 1.54) is 30.7 Å². The Bertz CT molecular complexity index is 1560. The number of fused-ring (bicyclic) bond motifs is 1. The molecule has 1 aliphatic rings. The topological polar surface area (TPSA) is 176 Å². The fourth-order valence-electron chi connectivity index (χ4n) is 4.38. The van der Waals surface area contributed by atoms with Crippen LogP contribution in [0.1, 0.15) is 39.0 Å². The third-order valence-corrected chi connectivity index (χ3v) is 9.65. The number of Topliss-reactive ketones (excluding diaryl/α,β-unsaturated/α-hetero) is 2. The lowest BCUT2D eigenvalue weighted by molar-refractivity contribution is -0.120. The molecule has 41 heavy (non-hydrogen) atoms. The lowest BCUT2D eigenvalue weighted by atomic mass is 10.1. The summed E-state index contributed by atoms with van der Waals surface area (Å²) < 4.78 is 31.1. The number of nitrogen functional groups attached to an aromatic ring is 1. The number of nitrogens with zero attached hydrogens (tertiary/aromatic N) is 2. The number of aromatic nitrogens is 3. The highest BCUT2D eigenvalue weighted by Gasteiger charge is 2.56. The minimum atomic E-state index is -4.04. The van der Waals surface area contributed by atoms with E-state index in [-0.39, 0.29) is 46.9 Å². The zero-order valence-electron chi connectivity index (χ0n) is 22.6. The number of para-hydroxylation sites is 1. The van der Waals surface area contributed by atoms with Gasteiger partial charge in [-0.3, -0.25) is 19.1 Å². The van der Waals surface area contributed by atoms with Crippen LogP contribution in [-0.2, 0) is 29.8 Å². The van der Waals surface area contributed by atoms with Crippen molar-refractivity contribution in [3.05, 3.63) is 52.4 Å². The first kappa shape index (κ1) is 31.2. The Morgan fingerprint density at radius 3 is 2.68 bits per heavy atom. The molecule has 12 nitrogen and oxygen atoms in total. The monoisotopic (exact) mass is 628 g/mol. The Labute approximate surface area is 245 Å². The predicted octanol–water partition coefficient (Wildman–Crippen LogP) is 3.77. The number of hydrogen-bond donors (Lipinski definition) is 3. The highest BCUT2D eigenvalue weighted by molar-refractivity contribution is 7.54. The van der Waals surface area contributed by atoms with Gasteiger partial charge in [0.1, 0.15) is 29.5 Å². The van der Waals surface area contributed by atoms with Crippen molar-refractivity contribution >= 4 is 59.3 Å². The molecule has 1 aliphatic heterocycles. The van der Waals surface area contributed by atoms with Crippen LogP contribution in [0.25, 0.3) is 11.0 Å². The Hall–Kier alpha value is -2.73. The number of aromatic amines is 1. The van der Waals surface area contributed by atoms with Crippen LogP contribution in [0.5, 0.6) is 5.75 Å². The van der Waals surface area contributed by atoms with Crippen LogP contribution in [0.15, 0.2) is 41.3 Å². The molecule has 4 N–H and O–H groups in total. The van der Waals surface area contributed by atoms with Crippen LogP contribution in [0.3, 0.4) is 0 Å². The maximum absolute atomic E-state index is 14.0. The first-order valence-corrected chi connectivity index (χ1v) is 15.3. The number of aliphatic hydroxyl groups excluding tert-OH is 1. The first-order chi connectivity index (χ1) is 19.2. The molecule has 1 unspecified atom stereocenters. The molecular formula is C26H31Cl2N4O8P. The predicted molar refractivity (Wildman–Crippen MR) is 153 cm³/mol. The number of nitrogens with two attached hydrogens (primary N) is 1. The number of benzene rings is 1. The van der Waals surface area contributed by atoms with Crippen LogP contribution in [-0.4, -0.2) is 60.5 Å². The summed E-state index contributed by atoms with van der Waals surface area (Å²) in [5.41, 5.74) is 5.98. The van der Waals surface area contributed by atoms with Crippen LogP contribution in [0.2, 0.25) is 0 Å². The van der Waals surface area contributed by atoms with Crippen molar-refractivity contribution in [1.82, 2.24) is 14.5 Å². The second-order valence-corrected chi connectivity index (χ2v) is 13.5. The van der Waals surface area contributed by atoms with E-state index in [1.807, 2.05) is 0 Å². The summed E-state index contributed by atoms with van der Waals surface area (Å²) in [5, 5.41) is 11.2. The largest absolute Gasteiger partial charge is 0.424 e. The average Bonchev–Trinajstić information content (AvgIpc) is 3.40. The molecule has 1 aromatic carbocycles. The number of anilines is 1. The number of carbonyl (C=O) groups is 2. The van der Waals surface area contributed by atoms with Gasteiger partial charge in [0.2, 0.25) is 5.95 Å². The lowest BCUT2D eigenvalue weighted by Gasteiger charge is -2.25. The van der Waals surface area contributed by atoms with E-state index in [9.17, 15) is 24.1 Å². The number of halogens is 2. The molecule has 1 fully saturated rings. The van der Waals surface area contributed by atoms with Gasteiger partial charge in [0.05, 0.1) is 18.2 Å². The van der Waals surface area contributed by atoms with Gasteiger partial charge in [0.15, 0.2) is 16.2 Å². The smallest absolute Gasteiger partial charge is 0.380 e. The molecule has 4 rings (SSSR count). The van der Waals surface area contributed by atoms with E-state index in [0.717, 1.165) is 0 Å². The summed E-state index contributed by atoms with van der Waals surface area (Å²) in [5.74, 6) is -0.808. The highest BCUT2D eigenvalue weighted by Crippen LogP contribution is 2.53. The van der Waals surface area contributed by atoms with Gasteiger partial charge < -0.3 is 29.5 Å². The van der Waals surface area contributed by atoms with Crippen molar-refractivity contribution in [2.24, 2.45) is 5.92 Å². The quantitative estimate of drug-likeness (QED) is 0.198. The number of rotatable bonds is 12. The first-order valence-electron chi connectivity index (χ1n) is 12.8. The van der Waals surface area contributed by atoms with Crippen LogP contribution in [0, 0.1) is 5.92 Å². The third kappa shape index (κ3) is 6.85. The van der Waals surface area contributed by atoms with Crippen LogP contribution in [0.4, 0.5) is 5.95 Å². The second-order valence-electron chi connectivity index (χ2n) is 10.1. The van der Waals surface area contributed by atoms with Crippen molar-refractivity contribution in [3.63, 3.8) is 0 Å². The molecule has 5 atom stereocenters. The summed E-state index contributed by atoms with van der Waals surface area (Å²) in [6.45, 7) is 3.97. The van der Waals surface area contributed by atoms with Gasteiger partial charge in [-0.15, -0.1) is 0 Å². The number of aliphatic hydroxyl groups is 1. The molecule has 15 heteroatoms. The van der Waals surface area contributed by atoms with Crippen molar-refractivity contribution in [1.29, 1.82) is 0 Å². The molecule has 3 aromatic rings. The van der Waals surface area contributed by atoms with Crippen molar-refractivity contribution < 1.29 is 33.0 Å². The number of aryl methyl sites for hydroxylation is 1. The van der Waals surface area contributed by atoms with Gasteiger partial charge in [0.25, 0.3) is 5.56 Å². The standard InChI is InChI=1S/C26H31Cl2N4O8P/c1-14(16(3)34)13-41(37,40-19-7-5-4-6-17(19)9-8-15(2)33)38-12-20-21(35)26(27,28)24(39-20)32-11-10-18-22(32)30-25(29)31-23(18)36/h4-7,10-11,14,20-21,24,35H,8-9,12-13H2,1-3H3,(H3,29,30,31,36)/t14-,20-,21+,24-,41?/m1/s1.